The van der Waals surface area contributed by atoms with Gasteiger partial charge in [-0.2, -0.15) is 0 Å². The molecule has 20 nitrogen and oxygen atoms in total. The predicted octanol–water partition coefficient (Wildman–Crippen LogP) is 8.32. The first-order chi connectivity index (χ1) is 40.0. The Kier molecular flexibility index (Phi) is 26.9. The van der Waals surface area contributed by atoms with Crippen LogP contribution in [0.1, 0.15) is 76.4 Å². The van der Waals surface area contributed by atoms with E-state index in [0.717, 1.165) is 58.6 Å². The zero-order chi connectivity index (χ0) is 59.2. The van der Waals surface area contributed by atoms with Gasteiger partial charge in [0.25, 0.3) is 0 Å². The molecule has 6 aromatic rings. The first-order valence-electron chi connectivity index (χ1n) is 27.5. The van der Waals surface area contributed by atoms with E-state index in [4.69, 9.17) is 79.6 Å². The molecule has 2 aliphatic heterocycles. The van der Waals surface area contributed by atoms with Gasteiger partial charge in [0.2, 0.25) is 10.0 Å². The molecule has 2 aromatic heterocycles. The highest BCUT2D eigenvalue weighted by Crippen LogP contribution is 2.40. The first-order valence-corrected chi connectivity index (χ1v) is 32.2. The van der Waals surface area contributed by atoms with Gasteiger partial charge in [0, 0.05) is 85.0 Å². The molecule has 0 bridgehead atoms. The molecule has 454 valence electrons. The fourth-order valence-corrected chi connectivity index (χ4v) is 13.1. The lowest BCUT2D eigenvalue weighted by Gasteiger charge is -2.33. The highest BCUT2D eigenvalue weighted by atomic mass is 35.5. The van der Waals surface area contributed by atoms with Crippen LogP contribution in [0.3, 0.4) is 0 Å². The number of halogens is 4. The number of rotatable bonds is 33. The Bertz CT molecular complexity index is 3210. The molecule has 0 spiro atoms. The molecule has 8 rings (SSSR count). The lowest BCUT2D eigenvalue weighted by Crippen LogP contribution is -2.31. The quantitative estimate of drug-likeness (QED) is 0.0384. The summed E-state index contributed by atoms with van der Waals surface area (Å²) in [5, 5.41) is 18.7. The van der Waals surface area contributed by atoms with Crippen LogP contribution in [-0.4, -0.2) is 176 Å². The van der Waals surface area contributed by atoms with Crippen LogP contribution in [0.4, 0.5) is 0 Å². The molecule has 2 unspecified atom stereocenters. The van der Waals surface area contributed by atoms with Gasteiger partial charge in [0.05, 0.1) is 114 Å². The second-order valence-electron chi connectivity index (χ2n) is 20.1. The predicted molar refractivity (Wildman–Crippen MR) is 319 cm³/mol. The summed E-state index contributed by atoms with van der Waals surface area (Å²) in [6, 6.07) is 21.6. The maximum absolute atomic E-state index is 13.1. The number of sulfonamides is 1. The summed E-state index contributed by atoms with van der Waals surface area (Å²) in [5.74, 6) is -0.0163. The Hall–Kier alpha value is -4.18. The molecular formula is C57H75Cl4N9O11S2. The summed E-state index contributed by atoms with van der Waals surface area (Å²) in [6.45, 7) is 11.8. The summed E-state index contributed by atoms with van der Waals surface area (Å²) in [4.78, 5) is 4.88. The van der Waals surface area contributed by atoms with E-state index >= 15 is 0 Å². The van der Waals surface area contributed by atoms with Crippen molar-refractivity contribution in [2.24, 2.45) is 0 Å². The fraction of sp³-hybridized carbons (Fsp3) is 0.509. The van der Waals surface area contributed by atoms with E-state index in [9.17, 15) is 16.8 Å². The minimum Gasteiger partial charge on any atom is -0.383 e. The second-order valence-corrected chi connectivity index (χ2v) is 25.7. The highest BCUT2D eigenvalue weighted by Gasteiger charge is 2.30. The van der Waals surface area contributed by atoms with Crippen LogP contribution in [-0.2, 0) is 92.4 Å². The number of sulfone groups is 1. The van der Waals surface area contributed by atoms with E-state index < -0.39 is 19.9 Å². The maximum Gasteiger partial charge on any atom is 0.240 e. The molecule has 1 N–H and O–H groups in total. The van der Waals surface area contributed by atoms with E-state index in [1.165, 1.54) is 0 Å². The van der Waals surface area contributed by atoms with Crippen LogP contribution in [0.25, 0.3) is 0 Å². The summed E-state index contributed by atoms with van der Waals surface area (Å²) in [5.41, 5.74) is 7.40. The van der Waals surface area contributed by atoms with Crippen LogP contribution in [0.15, 0.2) is 95.0 Å². The SMILES string of the molecule is CCCOCCOCCCS(=O)(=O)c1cccc(C2CN(C)Cc3c(Cl)cc(Cl)cc32)c1.COCCn1cc(COCc2cn(CCOCCOCCOCCNS(=O)(=O)c3cccc(C4CN(C)Cc5c(Cl)cc(Cl)cc54)c3)nn2)nn1. The van der Waals surface area contributed by atoms with Crippen molar-refractivity contribution >= 4 is 66.3 Å². The lowest BCUT2D eigenvalue weighted by molar-refractivity contribution is 0.0137. The largest absolute Gasteiger partial charge is 0.383 e. The Morgan fingerprint density at radius 1 is 0.578 bits per heavy atom. The Labute approximate surface area is 507 Å². The number of likely N-dealkylation sites (N-methyl/N-ethyl adjacent to an activating group) is 2. The van der Waals surface area contributed by atoms with Gasteiger partial charge in [-0.05, 0) is 109 Å². The molecule has 26 heteroatoms. The number of nitrogens with zero attached hydrogens (tertiary/aromatic N) is 8. The molecule has 0 radical (unpaired) electrons. The number of aromatic nitrogens is 6. The van der Waals surface area contributed by atoms with Crippen molar-refractivity contribution in [3.05, 3.63) is 150 Å². The standard InChI is InChI=1S/C33H44Cl2N8O7S.C24H31Cl2NO4S/c1-41-21-31(30-17-26(34)18-33(35)32(30)22-41)25-4-3-5-29(16-25)51(44,45)36-6-9-47-12-14-49-15-13-48-11-8-43-20-28(38-40-43)24-50-23-27-19-42(39-37-27)7-10-46-2;1-3-8-30-10-11-31-9-5-12-32(28,29)20-7-4-6-18(13-20)22-16-27(2)17-23-21(22)14-19(25)15-24(23)26/h3-5,16-20,31,36H,6-15,21-24H2,1-2H3;4,6-7,13-15,22H,3,5,8-12,16-17H2,1-2H3. The smallest absolute Gasteiger partial charge is 0.240 e. The van der Waals surface area contributed by atoms with Gasteiger partial charge >= 0.3 is 0 Å². The molecule has 0 saturated heterocycles. The van der Waals surface area contributed by atoms with Gasteiger partial charge in [-0.25, -0.2) is 30.9 Å². The van der Waals surface area contributed by atoms with Crippen molar-refractivity contribution in [2.45, 2.75) is 80.8 Å². The summed E-state index contributed by atoms with van der Waals surface area (Å²) in [6.07, 6.45) is 5.05. The van der Waals surface area contributed by atoms with Crippen LogP contribution in [0, 0.1) is 0 Å². The Balaban J connectivity index is 0.000000265. The van der Waals surface area contributed by atoms with Gasteiger partial charge in [-0.1, -0.05) is 88.0 Å². The molecule has 0 aliphatic carbocycles. The minimum atomic E-state index is -3.74. The number of fused-ring (bicyclic) bond motifs is 2. The zero-order valence-electron chi connectivity index (χ0n) is 47.4. The molecule has 4 aromatic carbocycles. The molecular weight excluding hydrogens is 1190 g/mol. The number of ether oxygens (including phenoxy) is 7. The van der Waals surface area contributed by atoms with Crippen LogP contribution in [0.5, 0.6) is 0 Å². The van der Waals surface area contributed by atoms with Crippen LogP contribution in [0.2, 0.25) is 20.1 Å². The molecule has 83 heavy (non-hydrogen) atoms. The van der Waals surface area contributed by atoms with Crippen molar-refractivity contribution in [1.82, 2.24) is 44.5 Å². The molecule has 0 saturated carbocycles. The van der Waals surface area contributed by atoms with Gasteiger partial charge < -0.3 is 43.0 Å². The van der Waals surface area contributed by atoms with Crippen molar-refractivity contribution in [3.63, 3.8) is 0 Å². The Morgan fingerprint density at radius 2 is 1.06 bits per heavy atom. The third kappa shape index (κ3) is 20.8. The van der Waals surface area contributed by atoms with Crippen molar-refractivity contribution in [2.75, 3.05) is 119 Å². The molecule has 0 amide bonds. The zero-order valence-corrected chi connectivity index (χ0v) is 52.1. The van der Waals surface area contributed by atoms with E-state index in [2.05, 4.69) is 42.1 Å². The monoisotopic (exact) mass is 1270 g/mol. The average molecular weight is 1270 g/mol. The summed E-state index contributed by atoms with van der Waals surface area (Å²) in [7, 11) is -1.46. The first kappa shape index (κ1) is 66.3. The second kappa shape index (κ2) is 33.7. The molecule has 0 fully saturated rings. The Morgan fingerprint density at radius 3 is 1.60 bits per heavy atom. The molecule has 2 atom stereocenters. The van der Waals surface area contributed by atoms with Crippen molar-refractivity contribution < 1.29 is 50.0 Å². The minimum absolute atomic E-state index is 0.00144. The van der Waals surface area contributed by atoms with E-state index in [1.54, 1.807) is 58.9 Å². The molecule has 4 heterocycles. The molecule has 2 aliphatic rings. The third-order valence-electron chi connectivity index (χ3n) is 13.5. The topological polar surface area (TPSA) is 213 Å². The maximum atomic E-state index is 13.1. The van der Waals surface area contributed by atoms with Gasteiger partial charge in [-0.3, -0.25) is 0 Å². The summed E-state index contributed by atoms with van der Waals surface area (Å²) >= 11 is 25.6. The van der Waals surface area contributed by atoms with E-state index in [-0.39, 0.29) is 35.6 Å². The normalized spacial score (nSPS) is 15.7. The van der Waals surface area contributed by atoms with Crippen molar-refractivity contribution in [1.29, 1.82) is 0 Å². The summed E-state index contributed by atoms with van der Waals surface area (Å²) < 4.78 is 96.3. The van der Waals surface area contributed by atoms with Gasteiger partial charge in [0.1, 0.15) is 11.4 Å². The number of nitrogens with one attached hydrogen (secondary N) is 1. The van der Waals surface area contributed by atoms with Gasteiger partial charge in [-0.15, -0.1) is 10.2 Å². The van der Waals surface area contributed by atoms with Crippen LogP contribution < -0.4 is 4.72 Å². The van der Waals surface area contributed by atoms with E-state index in [0.29, 0.717) is 143 Å². The average Bonchev–Trinajstić information content (AvgIpc) is 3.68. The van der Waals surface area contributed by atoms with Crippen LogP contribution >= 0.6 is 46.4 Å². The number of hydrogen-bond acceptors (Lipinski definition) is 17. The fourth-order valence-electron chi connectivity index (χ4n) is 9.52. The number of hydrogen-bond donors (Lipinski definition) is 1. The van der Waals surface area contributed by atoms with E-state index in [1.807, 2.05) is 56.8 Å². The highest BCUT2D eigenvalue weighted by molar-refractivity contribution is 7.91. The third-order valence-corrected chi connectivity index (χ3v) is 17.9. The number of methoxy groups -OCH3 is 1. The lowest BCUT2D eigenvalue weighted by atomic mass is 9.85. The van der Waals surface area contributed by atoms with Crippen molar-refractivity contribution in [3.8, 4) is 0 Å². The number of benzene rings is 4. The van der Waals surface area contributed by atoms with Gasteiger partial charge in [0.15, 0.2) is 9.84 Å².